The first-order valence-corrected chi connectivity index (χ1v) is 18.6. The zero-order valence-electron chi connectivity index (χ0n) is 26.8. The Kier molecular flexibility index (Phi) is 12.3. The second-order valence-corrected chi connectivity index (χ2v) is 14.7. The summed E-state index contributed by atoms with van der Waals surface area (Å²) < 4.78 is 37.0. The Balaban J connectivity index is 1.24. The Morgan fingerprint density at radius 1 is 0.979 bits per heavy atom. The lowest BCUT2D eigenvalue weighted by Gasteiger charge is -2.35. The molecule has 2 fully saturated rings. The van der Waals surface area contributed by atoms with Crippen LogP contribution in [-0.2, 0) is 26.1 Å². The van der Waals surface area contributed by atoms with E-state index in [1.807, 2.05) is 43.3 Å². The molecule has 1 aromatic carbocycles. The number of hydrogen-bond donors (Lipinski definition) is 1. The van der Waals surface area contributed by atoms with Crippen molar-refractivity contribution in [3.8, 4) is 22.9 Å². The molecule has 0 saturated carbocycles. The highest BCUT2D eigenvalue weighted by Crippen LogP contribution is 2.31. The maximum Gasteiger partial charge on any atom is 0.307 e. The lowest BCUT2D eigenvalue weighted by atomic mass is 9.97. The van der Waals surface area contributed by atoms with Crippen molar-refractivity contribution in [3.63, 3.8) is 0 Å². The number of piperazine rings is 1. The van der Waals surface area contributed by atoms with E-state index < -0.39 is 10.0 Å². The largest absolute Gasteiger partial charge is 0.466 e. The summed E-state index contributed by atoms with van der Waals surface area (Å²) >= 11 is 12.7. The van der Waals surface area contributed by atoms with Crippen LogP contribution in [0.5, 0.6) is 11.6 Å². The summed E-state index contributed by atoms with van der Waals surface area (Å²) in [6, 6.07) is 13.2. The fourth-order valence-corrected chi connectivity index (χ4v) is 6.92. The minimum atomic E-state index is -3.19. The number of esters is 1. The Hall–Kier alpha value is -3.00. The van der Waals surface area contributed by atoms with Crippen LogP contribution in [0.4, 0.5) is 5.82 Å². The molecule has 2 saturated heterocycles. The van der Waals surface area contributed by atoms with Crippen molar-refractivity contribution in [2.75, 3.05) is 70.1 Å². The van der Waals surface area contributed by atoms with E-state index in [1.54, 1.807) is 12.3 Å². The number of anilines is 1. The molecule has 11 nitrogen and oxygen atoms in total. The predicted octanol–water partition coefficient (Wildman–Crippen LogP) is 5.08. The van der Waals surface area contributed by atoms with Gasteiger partial charge in [-0.25, -0.2) is 23.1 Å². The van der Waals surface area contributed by atoms with Crippen LogP contribution in [0, 0.1) is 5.92 Å². The fraction of sp³-hybridized carbons (Fsp3) is 0.485. The van der Waals surface area contributed by atoms with E-state index in [9.17, 15) is 13.2 Å². The molecule has 0 amide bonds. The average Bonchev–Trinajstić information content (AvgIpc) is 3.03. The summed E-state index contributed by atoms with van der Waals surface area (Å²) in [6.07, 6.45) is 5.13. The Morgan fingerprint density at radius 2 is 1.70 bits per heavy atom. The number of hydrogen-bond acceptors (Lipinski definition) is 10. The van der Waals surface area contributed by atoms with E-state index >= 15 is 0 Å². The number of nitrogens with one attached hydrogen (secondary N) is 1. The molecule has 1 N–H and O–H groups in total. The van der Waals surface area contributed by atoms with Crippen molar-refractivity contribution in [1.82, 2.24) is 24.5 Å². The van der Waals surface area contributed by atoms with Crippen molar-refractivity contribution < 1.29 is 22.7 Å². The number of piperidine rings is 1. The fourth-order valence-electron chi connectivity index (χ4n) is 5.85. The van der Waals surface area contributed by atoms with E-state index in [4.69, 9.17) is 37.7 Å². The van der Waals surface area contributed by atoms with Gasteiger partial charge in [0.1, 0.15) is 11.6 Å². The molecule has 2 aliphatic heterocycles. The monoisotopic (exact) mass is 704 g/mol. The van der Waals surface area contributed by atoms with Crippen LogP contribution < -0.4 is 14.4 Å². The highest BCUT2D eigenvalue weighted by molar-refractivity contribution is 7.88. The summed E-state index contributed by atoms with van der Waals surface area (Å²) in [5.41, 5.74) is 2.51. The molecule has 0 aliphatic carbocycles. The number of sulfonamides is 1. The number of pyridine rings is 2. The first-order valence-electron chi connectivity index (χ1n) is 15.9. The van der Waals surface area contributed by atoms with Crippen molar-refractivity contribution in [1.29, 1.82) is 0 Å². The zero-order chi connectivity index (χ0) is 33.4. The molecule has 0 atom stereocenters. The van der Waals surface area contributed by atoms with Gasteiger partial charge in [0, 0.05) is 67.5 Å². The Labute approximate surface area is 287 Å². The number of halogens is 2. The van der Waals surface area contributed by atoms with E-state index in [-0.39, 0.29) is 5.97 Å². The van der Waals surface area contributed by atoms with Gasteiger partial charge in [0.2, 0.25) is 15.9 Å². The maximum atomic E-state index is 11.7. The summed E-state index contributed by atoms with van der Waals surface area (Å²) in [7, 11) is -3.19. The van der Waals surface area contributed by atoms with E-state index in [0.717, 1.165) is 69.1 Å². The van der Waals surface area contributed by atoms with Crippen LogP contribution in [0.25, 0.3) is 11.3 Å². The molecular weight excluding hydrogens is 663 g/mol. The van der Waals surface area contributed by atoms with Gasteiger partial charge in [-0.15, -0.1) is 0 Å². The highest BCUT2D eigenvalue weighted by Gasteiger charge is 2.22. The van der Waals surface area contributed by atoms with Crippen LogP contribution in [0.3, 0.4) is 0 Å². The molecule has 3 aromatic rings. The van der Waals surface area contributed by atoms with Gasteiger partial charge in [0.15, 0.2) is 0 Å². The van der Waals surface area contributed by atoms with E-state index in [2.05, 4.69) is 24.4 Å². The number of nitrogens with zero attached hydrogens (tertiary/aromatic N) is 5. The van der Waals surface area contributed by atoms with E-state index in [1.165, 1.54) is 6.26 Å². The van der Waals surface area contributed by atoms with Gasteiger partial charge < -0.3 is 14.4 Å². The van der Waals surface area contributed by atoms with Crippen LogP contribution in [0.2, 0.25) is 10.0 Å². The second kappa shape index (κ2) is 16.4. The van der Waals surface area contributed by atoms with Gasteiger partial charge in [-0.1, -0.05) is 23.2 Å². The smallest absolute Gasteiger partial charge is 0.307 e. The molecule has 0 radical (unpaired) electrons. The number of rotatable bonds is 13. The van der Waals surface area contributed by atoms with Crippen molar-refractivity contribution >= 4 is 45.0 Å². The Morgan fingerprint density at radius 3 is 2.34 bits per heavy atom. The molecule has 47 heavy (non-hydrogen) atoms. The standard InChI is InChI=1S/C33H42Cl2N6O5S/c1-3-45-33(42)8-11-39-12-14-41(15-13-39)31-5-4-29(22-36-31)46-32-17-25(16-30(38-32)26-18-27(34)20-28(35)19-26)23-40-9-6-24(7-10-40)21-37-47(2,43)44/h4-5,16-20,22,24,37H,3,6-15,21,23H2,1-2H3. The van der Waals surface area contributed by atoms with Crippen LogP contribution in [-0.4, -0.2) is 99.4 Å². The van der Waals surface area contributed by atoms with Crippen molar-refractivity contribution in [3.05, 3.63) is 64.3 Å². The number of likely N-dealkylation sites (tertiary alicyclic amines) is 1. The topological polar surface area (TPSA) is 117 Å². The third-order valence-electron chi connectivity index (χ3n) is 8.34. The average molecular weight is 706 g/mol. The van der Waals surface area contributed by atoms with Gasteiger partial charge in [-0.2, -0.15) is 0 Å². The summed E-state index contributed by atoms with van der Waals surface area (Å²) in [5.74, 6) is 2.04. The minimum Gasteiger partial charge on any atom is -0.466 e. The first-order chi connectivity index (χ1) is 22.5. The molecule has 0 bridgehead atoms. The summed E-state index contributed by atoms with van der Waals surface area (Å²) in [4.78, 5) is 28.0. The molecular formula is C33H42Cl2N6O5S. The predicted molar refractivity (Wildman–Crippen MR) is 185 cm³/mol. The van der Waals surface area contributed by atoms with Crippen LogP contribution in [0.15, 0.2) is 48.7 Å². The number of aromatic nitrogens is 2. The Bertz CT molecular complexity index is 1590. The molecule has 254 valence electrons. The minimum absolute atomic E-state index is 0.155. The molecule has 2 aromatic heterocycles. The maximum absolute atomic E-state index is 11.7. The molecule has 0 unspecified atom stereocenters. The molecule has 5 rings (SSSR count). The van der Waals surface area contributed by atoms with E-state index in [0.29, 0.717) is 65.9 Å². The highest BCUT2D eigenvalue weighted by atomic mass is 35.5. The number of carbonyl (C=O) groups is 1. The number of benzene rings is 1. The second-order valence-electron chi connectivity index (χ2n) is 12.0. The van der Waals surface area contributed by atoms with Gasteiger partial charge in [0.05, 0.1) is 31.2 Å². The SMILES string of the molecule is CCOC(=O)CCN1CCN(c2ccc(Oc3cc(CN4CCC(CNS(C)(=O)=O)CC4)cc(-c4cc(Cl)cc(Cl)c4)n3)cn2)CC1. The van der Waals surface area contributed by atoms with Crippen molar-refractivity contribution in [2.24, 2.45) is 5.92 Å². The number of carbonyl (C=O) groups excluding carboxylic acids is 1. The third-order valence-corrected chi connectivity index (χ3v) is 9.47. The lowest BCUT2D eigenvalue weighted by molar-refractivity contribution is -0.143. The molecule has 0 spiro atoms. The summed E-state index contributed by atoms with van der Waals surface area (Å²) in [6.45, 7) is 9.14. The summed E-state index contributed by atoms with van der Waals surface area (Å²) in [5, 5.41) is 1.04. The third kappa shape index (κ3) is 11.0. The van der Waals surface area contributed by atoms with Gasteiger partial charge >= 0.3 is 5.97 Å². The molecule has 14 heteroatoms. The van der Waals surface area contributed by atoms with Gasteiger partial charge in [0.25, 0.3) is 0 Å². The molecule has 2 aliphatic rings. The van der Waals surface area contributed by atoms with Crippen LogP contribution >= 0.6 is 23.2 Å². The van der Waals surface area contributed by atoms with Crippen molar-refractivity contribution in [2.45, 2.75) is 32.7 Å². The quantitative estimate of drug-likeness (QED) is 0.242. The van der Waals surface area contributed by atoms with Gasteiger partial charge in [-0.05, 0) is 80.7 Å². The van der Waals surface area contributed by atoms with Crippen LogP contribution in [0.1, 0.15) is 31.7 Å². The number of ether oxygens (including phenoxy) is 2. The molecule has 4 heterocycles. The van der Waals surface area contributed by atoms with Gasteiger partial charge in [-0.3, -0.25) is 14.6 Å². The first kappa shape index (κ1) is 35.3. The zero-order valence-corrected chi connectivity index (χ0v) is 29.2. The lowest BCUT2D eigenvalue weighted by Crippen LogP contribution is -2.47. The normalized spacial score (nSPS) is 16.7.